The molecule has 236 valence electrons. The molecule has 0 saturated heterocycles. The van der Waals surface area contributed by atoms with Crippen LogP contribution in [0.4, 0.5) is 11.4 Å². The normalized spacial score (nSPS) is 35.6. The molecule has 2 fully saturated rings. The first-order valence-electron chi connectivity index (χ1n) is 17.8. The van der Waals surface area contributed by atoms with Gasteiger partial charge in [-0.3, -0.25) is 0 Å². The van der Waals surface area contributed by atoms with Crippen LogP contribution < -0.4 is 9.80 Å². The van der Waals surface area contributed by atoms with Crippen molar-refractivity contribution in [1.29, 1.82) is 0 Å². The van der Waals surface area contributed by atoms with E-state index in [1.165, 1.54) is 40.4 Å². The quantitative estimate of drug-likeness (QED) is 0.304. The van der Waals surface area contributed by atoms with Gasteiger partial charge < -0.3 is 9.80 Å². The number of fused-ring (bicyclic) bond motifs is 10. The standard InChI is InChI=1S/C41H54N2Si2/c1-25-14-18-36-34(20-25)38-27(3)31-17-15-28(21-33(31)41(38)43(36)24-45(7,8)9)29-16-19-37-35(22-29)39-26(2)30-12-10-11-13-32(30)40(39)42(37)23-44(4,5)6/h10-22,26-27,30-33,38-41H,23-24H2,1-9H3. The van der Waals surface area contributed by atoms with Crippen molar-refractivity contribution in [2.24, 2.45) is 35.5 Å². The van der Waals surface area contributed by atoms with E-state index in [0.717, 1.165) is 0 Å². The van der Waals surface area contributed by atoms with Gasteiger partial charge in [-0.2, -0.15) is 0 Å². The third kappa shape index (κ3) is 4.67. The maximum absolute atomic E-state index is 2.88. The van der Waals surface area contributed by atoms with Gasteiger partial charge in [0.2, 0.25) is 0 Å². The van der Waals surface area contributed by atoms with Crippen molar-refractivity contribution in [2.45, 2.75) is 84.0 Å². The van der Waals surface area contributed by atoms with Gasteiger partial charge in [0.25, 0.3) is 0 Å². The summed E-state index contributed by atoms with van der Waals surface area (Å²) in [5.74, 6) is 4.99. The second-order valence-electron chi connectivity index (χ2n) is 18.0. The van der Waals surface area contributed by atoms with Gasteiger partial charge in [0.15, 0.2) is 0 Å². The molecule has 2 aromatic rings. The van der Waals surface area contributed by atoms with Gasteiger partial charge in [-0.05, 0) is 71.1 Å². The SMILES string of the molecule is Cc1ccc2c(c1)C1C(C)C3C=CC(c4ccc5c(c4)C4C(C)C6C=CC=CC6C4N5C[Si](C)(C)C)=CC3C1N2C[Si](C)(C)C. The van der Waals surface area contributed by atoms with Crippen molar-refractivity contribution < 1.29 is 0 Å². The molecule has 0 spiro atoms. The van der Waals surface area contributed by atoms with Crippen LogP contribution in [0, 0.1) is 42.4 Å². The Balaban J connectivity index is 1.18. The van der Waals surface area contributed by atoms with Gasteiger partial charge in [-0.25, -0.2) is 0 Å². The van der Waals surface area contributed by atoms with Crippen molar-refractivity contribution in [3.8, 4) is 0 Å². The van der Waals surface area contributed by atoms with Crippen molar-refractivity contribution in [2.75, 3.05) is 22.1 Å². The minimum Gasteiger partial charge on any atom is -0.370 e. The molecule has 2 heterocycles. The van der Waals surface area contributed by atoms with E-state index in [0.29, 0.717) is 59.4 Å². The van der Waals surface area contributed by atoms with Gasteiger partial charge in [-0.1, -0.05) is 119 Å². The third-order valence-electron chi connectivity index (χ3n) is 12.3. The first-order valence-corrected chi connectivity index (χ1v) is 25.3. The molecule has 2 nitrogen and oxygen atoms in total. The predicted molar refractivity (Wildman–Crippen MR) is 200 cm³/mol. The highest BCUT2D eigenvalue weighted by molar-refractivity contribution is 6.77. The molecule has 6 aliphatic rings. The molecule has 2 saturated carbocycles. The molecule has 0 radical (unpaired) electrons. The maximum atomic E-state index is 2.88. The third-order valence-corrected chi connectivity index (χ3v) is 14.9. The number of anilines is 2. The second kappa shape index (κ2) is 10.2. The van der Waals surface area contributed by atoms with Gasteiger partial charge in [0.1, 0.15) is 0 Å². The van der Waals surface area contributed by atoms with Gasteiger partial charge >= 0.3 is 0 Å². The molecule has 10 atom stereocenters. The minimum absolute atomic E-state index is 0.557. The van der Waals surface area contributed by atoms with E-state index in [-0.39, 0.29) is 0 Å². The lowest BCUT2D eigenvalue weighted by Gasteiger charge is -2.37. The van der Waals surface area contributed by atoms with Crippen LogP contribution in [0.15, 0.2) is 78.9 Å². The van der Waals surface area contributed by atoms with E-state index >= 15 is 0 Å². The second-order valence-corrected chi connectivity index (χ2v) is 28.9. The molecule has 0 aromatic heterocycles. The van der Waals surface area contributed by atoms with Crippen LogP contribution in [0.25, 0.3) is 5.57 Å². The van der Waals surface area contributed by atoms with Crippen LogP contribution in [0.3, 0.4) is 0 Å². The summed E-state index contributed by atoms with van der Waals surface area (Å²) < 4.78 is 0. The zero-order valence-electron chi connectivity index (χ0n) is 29.1. The lowest BCUT2D eigenvalue weighted by Crippen LogP contribution is -2.46. The lowest BCUT2D eigenvalue weighted by atomic mass is 9.80. The van der Waals surface area contributed by atoms with Crippen LogP contribution in [0.2, 0.25) is 39.3 Å². The highest BCUT2D eigenvalue weighted by atomic mass is 28.3. The van der Waals surface area contributed by atoms with Crippen LogP contribution in [-0.2, 0) is 0 Å². The first-order chi connectivity index (χ1) is 21.3. The molecule has 2 aliphatic heterocycles. The largest absolute Gasteiger partial charge is 0.370 e. The predicted octanol–water partition coefficient (Wildman–Crippen LogP) is 9.84. The summed E-state index contributed by atoms with van der Waals surface area (Å²) in [5.41, 5.74) is 10.6. The molecule has 4 aliphatic carbocycles. The molecule has 45 heavy (non-hydrogen) atoms. The molecule has 0 N–H and O–H groups in total. The highest BCUT2D eigenvalue weighted by Crippen LogP contribution is 2.61. The van der Waals surface area contributed by atoms with Gasteiger partial charge in [0.05, 0.1) is 16.1 Å². The Morgan fingerprint density at radius 1 is 0.622 bits per heavy atom. The topological polar surface area (TPSA) is 6.48 Å². The fourth-order valence-corrected chi connectivity index (χ4v) is 13.6. The summed E-state index contributed by atoms with van der Waals surface area (Å²) in [5, 5.41) is 0. The van der Waals surface area contributed by atoms with E-state index in [4.69, 9.17) is 0 Å². The fraction of sp³-hybridized carbons (Fsp3) is 0.512. The molecule has 10 unspecified atom stereocenters. The van der Waals surface area contributed by atoms with E-state index in [9.17, 15) is 0 Å². The van der Waals surface area contributed by atoms with Gasteiger partial charge in [0, 0.05) is 59.5 Å². The average molecular weight is 631 g/mol. The Morgan fingerprint density at radius 3 is 1.78 bits per heavy atom. The van der Waals surface area contributed by atoms with Crippen LogP contribution in [0.1, 0.15) is 47.9 Å². The number of hydrogen-bond donors (Lipinski definition) is 0. The lowest BCUT2D eigenvalue weighted by molar-refractivity contribution is 0.428. The Labute approximate surface area is 275 Å². The van der Waals surface area contributed by atoms with Crippen molar-refractivity contribution in [1.82, 2.24) is 0 Å². The van der Waals surface area contributed by atoms with Gasteiger partial charge in [-0.15, -0.1) is 0 Å². The summed E-state index contributed by atoms with van der Waals surface area (Å²) >= 11 is 0. The number of aryl methyl sites for hydroxylation is 1. The van der Waals surface area contributed by atoms with E-state index in [1.54, 1.807) is 11.1 Å². The number of allylic oxidation sites excluding steroid dienone is 6. The van der Waals surface area contributed by atoms with E-state index in [2.05, 4.69) is 149 Å². The smallest absolute Gasteiger partial charge is 0.0665 e. The number of hydrogen-bond acceptors (Lipinski definition) is 2. The summed E-state index contributed by atoms with van der Waals surface area (Å²) in [6.07, 6.45) is 20.0. The Kier molecular flexibility index (Phi) is 6.77. The maximum Gasteiger partial charge on any atom is 0.0665 e. The zero-order chi connectivity index (χ0) is 31.6. The van der Waals surface area contributed by atoms with E-state index in [1.807, 2.05) is 0 Å². The molecule has 2 aromatic carbocycles. The summed E-state index contributed by atoms with van der Waals surface area (Å²) in [6, 6.07) is 16.1. The highest BCUT2D eigenvalue weighted by Gasteiger charge is 2.56. The van der Waals surface area contributed by atoms with Crippen molar-refractivity contribution in [3.63, 3.8) is 0 Å². The van der Waals surface area contributed by atoms with Crippen LogP contribution in [0.5, 0.6) is 0 Å². The minimum atomic E-state index is -1.32. The average Bonchev–Trinajstić information content (AvgIpc) is 3.65. The summed E-state index contributed by atoms with van der Waals surface area (Å²) in [7, 11) is -2.62. The monoisotopic (exact) mass is 630 g/mol. The first kappa shape index (κ1) is 29.8. The summed E-state index contributed by atoms with van der Waals surface area (Å²) in [4.78, 5) is 5.75. The number of rotatable bonds is 5. The Morgan fingerprint density at radius 2 is 1.16 bits per heavy atom. The van der Waals surface area contributed by atoms with E-state index < -0.39 is 16.1 Å². The molecular weight excluding hydrogens is 577 g/mol. The van der Waals surface area contributed by atoms with Crippen LogP contribution >= 0.6 is 0 Å². The van der Waals surface area contributed by atoms with Crippen LogP contribution in [-0.4, -0.2) is 40.6 Å². The molecule has 0 amide bonds. The molecule has 4 heteroatoms. The Hall–Kier alpha value is -2.57. The Bertz CT molecular complexity index is 1650. The molecule has 8 rings (SSSR count). The molecular formula is C41H54N2Si2. The number of nitrogens with zero attached hydrogens (tertiary/aromatic N) is 2. The molecule has 0 bridgehead atoms. The van der Waals surface area contributed by atoms with Crippen molar-refractivity contribution >= 4 is 33.1 Å². The number of benzene rings is 2. The fourth-order valence-electron chi connectivity index (χ4n) is 10.8. The zero-order valence-corrected chi connectivity index (χ0v) is 31.1. The summed E-state index contributed by atoms with van der Waals surface area (Å²) in [6.45, 7) is 22.6. The van der Waals surface area contributed by atoms with Crippen molar-refractivity contribution in [3.05, 3.63) is 101 Å².